The molecule has 2 aromatic carbocycles. The lowest BCUT2D eigenvalue weighted by molar-refractivity contribution is -0.124. The zero-order chi connectivity index (χ0) is 18.4. The molecule has 3 N–H and O–H groups in total. The first-order valence-corrected chi connectivity index (χ1v) is 7.13. The molecule has 132 valence electrons. The number of nitrogens with one attached hydrogen (secondary N) is 2. The largest absolute Gasteiger partial charge is 0.411 e. The van der Waals surface area contributed by atoms with Crippen molar-refractivity contribution in [1.82, 2.24) is 10.6 Å². The number of hydrogen-bond acceptors (Lipinski definition) is 4. The fourth-order valence-electron chi connectivity index (χ4n) is 2.22. The predicted molar refractivity (Wildman–Crippen MR) is 84.7 cm³/mol. The Morgan fingerprint density at radius 3 is 2.44 bits per heavy atom. The maximum Gasteiger partial charge on any atom is 0.287 e. The van der Waals surface area contributed by atoms with Crippen molar-refractivity contribution < 1.29 is 28.0 Å². The summed E-state index contributed by atoms with van der Waals surface area (Å²) in [5, 5.41) is 16.5. The third-order valence-electron chi connectivity index (χ3n) is 3.33. The van der Waals surface area contributed by atoms with E-state index < -0.39 is 31.1 Å². The maximum atomic E-state index is 12.7. The Kier molecular flexibility index (Phi) is 5.93. The topological polar surface area (TPSA) is 90.8 Å². The first kappa shape index (κ1) is 18.2. The van der Waals surface area contributed by atoms with E-state index in [2.05, 4.69) is 10.5 Å². The molecule has 0 aliphatic heterocycles. The van der Waals surface area contributed by atoms with E-state index in [-0.39, 0.29) is 5.56 Å². The molecule has 6 nitrogen and oxygen atoms in total. The zero-order valence-electron chi connectivity index (χ0n) is 12.7. The van der Waals surface area contributed by atoms with Gasteiger partial charge in [-0.05, 0) is 16.8 Å². The van der Waals surface area contributed by atoms with Gasteiger partial charge in [0.1, 0.15) is 0 Å². The number of alkyl halides is 3. The van der Waals surface area contributed by atoms with E-state index in [1.165, 1.54) is 17.6 Å². The Morgan fingerprint density at radius 2 is 1.80 bits per heavy atom. The first-order chi connectivity index (χ1) is 11.9. The van der Waals surface area contributed by atoms with Crippen LogP contribution < -0.4 is 10.6 Å². The standard InChI is InChI=1S/C16H14F3N3O3/c17-14(18)15(19)22-13(23)8-20-16(24)12-6-5-9(7-21-25)10-3-1-2-4-11(10)12/h1-7,14-15,25H,8H2,(H,20,24)(H,22,23). The minimum Gasteiger partial charge on any atom is -0.411 e. The summed E-state index contributed by atoms with van der Waals surface area (Å²) in [6.45, 7) is -0.653. The average Bonchev–Trinajstić information content (AvgIpc) is 2.60. The highest BCUT2D eigenvalue weighted by Gasteiger charge is 2.21. The molecule has 0 saturated heterocycles. The number of carbonyl (C=O) groups excluding carboxylic acids is 2. The van der Waals surface area contributed by atoms with E-state index >= 15 is 0 Å². The molecule has 2 rings (SSSR count). The minimum absolute atomic E-state index is 0.226. The van der Waals surface area contributed by atoms with Crippen LogP contribution in [0.5, 0.6) is 0 Å². The third kappa shape index (κ3) is 4.46. The van der Waals surface area contributed by atoms with E-state index in [4.69, 9.17) is 5.21 Å². The number of hydrogen-bond donors (Lipinski definition) is 3. The molecule has 2 aromatic rings. The smallest absolute Gasteiger partial charge is 0.287 e. The van der Waals surface area contributed by atoms with Gasteiger partial charge in [-0.15, -0.1) is 0 Å². The molecule has 0 aromatic heterocycles. The Hall–Kier alpha value is -3.10. The van der Waals surface area contributed by atoms with Crippen LogP contribution in [0.4, 0.5) is 13.2 Å². The summed E-state index contributed by atoms with van der Waals surface area (Å²) in [5.74, 6) is -1.71. The summed E-state index contributed by atoms with van der Waals surface area (Å²) < 4.78 is 36.8. The van der Waals surface area contributed by atoms with Gasteiger partial charge in [0.2, 0.25) is 12.2 Å². The number of nitrogens with zero attached hydrogens (tertiary/aromatic N) is 1. The molecule has 1 unspecified atom stereocenters. The van der Waals surface area contributed by atoms with E-state index in [0.29, 0.717) is 16.3 Å². The van der Waals surface area contributed by atoms with Crippen LogP contribution in [-0.4, -0.2) is 42.5 Å². The molecule has 0 heterocycles. The quantitative estimate of drug-likeness (QED) is 0.321. The van der Waals surface area contributed by atoms with Crippen LogP contribution in [0.15, 0.2) is 41.6 Å². The van der Waals surface area contributed by atoms with E-state index in [1.807, 2.05) is 0 Å². The van der Waals surface area contributed by atoms with Gasteiger partial charge < -0.3 is 15.8 Å². The minimum atomic E-state index is -3.34. The first-order valence-electron chi connectivity index (χ1n) is 7.13. The lowest BCUT2D eigenvalue weighted by atomic mass is 9.99. The second kappa shape index (κ2) is 8.13. The Labute approximate surface area is 140 Å². The average molecular weight is 353 g/mol. The van der Waals surface area contributed by atoms with Crippen LogP contribution >= 0.6 is 0 Å². The lowest BCUT2D eigenvalue weighted by Gasteiger charge is -2.11. The Morgan fingerprint density at radius 1 is 1.12 bits per heavy atom. The van der Waals surface area contributed by atoms with E-state index in [9.17, 15) is 22.8 Å². The summed E-state index contributed by atoms with van der Waals surface area (Å²) >= 11 is 0. The van der Waals surface area contributed by atoms with Gasteiger partial charge in [-0.3, -0.25) is 9.59 Å². The van der Waals surface area contributed by atoms with Gasteiger partial charge in [-0.1, -0.05) is 35.5 Å². The van der Waals surface area contributed by atoms with Gasteiger partial charge in [0.05, 0.1) is 12.8 Å². The molecule has 0 aliphatic rings. The number of fused-ring (bicyclic) bond motifs is 1. The second-order valence-corrected chi connectivity index (χ2v) is 4.98. The summed E-state index contributed by atoms with van der Waals surface area (Å²) in [4.78, 5) is 23.6. The third-order valence-corrected chi connectivity index (χ3v) is 3.33. The van der Waals surface area contributed by atoms with E-state index in [1.54, 1.807) is 30.3 Å². The molecule has 0 radical (unpaired) electrons. The fraction of sp³-hybridized carbons (Fsp3) is 0.188. The lowest BCUT2D eigenvalue weighted by Crippen LogP contribution is -2.42. The van der Waals surface area contributed by atoms with Crippen molar-refractivity contribution in [3.8, 4) is 0 Å². The number of carbonyl (C=O) groups is 2. The molecule has 0 saturated carbocycles. The fourth-order valence-corrected chi connectivity index (χ4v) is 2.22. The van der Waals surface area contributed by atoms with Gasteiger partial charge in [-0.2, -0.15) is 0 Å². The molecule has 0 spiro atoms. The van der Waals surface area contributed by atoms with Crippen molar-refractivity contribution in [1.29, 1.82) is 0 Å². The number of benzene rings is 2. The van der Waals surface area contributed by atoms with Crippen molar-refractivity contribution in [2.75, 3.05) is 6.54 Å². The molecule has 0 aliphatic carbocycles. The summed E-state index contributed by atoms with van der Waals surface area (Å²) in [5.41, 5.74) is 0.800. The molecule has 25 heavy (non-hydrogen) atoms. The number of oxime groups is 1. The van der Waals surface area contributed by atoms with Gasteiger partial charge >= 0.3 is 0 Å². The summed E-state index contributed by atoms with van der Waals surface area (Å²) in [7, 11) is 0. The monoisotopic (exact) mass is 353 g/mol. The van der Waals surface area contributed by atoms with Gasteiger partial charge in [0.25, 0.3) is 12.3 Å². The van der Waals surface area contributed by atoms with Crippen LogP contribution in [0.1, 0.15) is 15.9 Å². The highest BCUT2D eigenvalue weighted by Crippen LogP contribution is 2.22. The van der Waals surface area contributed by atoms with Crippen LogP contribution in [0.25, 0.3) is 10.8 Å². The Balaban J connectivity index is 2.15. The number of halogens is 3. The van der Waals surface area contributed by atoms with Crippen molar-refractivity contribution >= 4 is 28.8 Å². The zero-order valence-corrected chi connectivity index (χ0v) is 12.7. The highest BCUT2D eigenvalue weighted by atomic mass is 19.3. The molecule has 2 amide bonds. The van der Waals surface area contributed by atoms with Crippen LogP contribution in [0.2, 0.25) is 0 Å². The number of amides is 2. The van der Waals surface area contributed by atoms with Gasteiger partial charge in [0.15, 0.2) is 0 Å². The van der Waals surface area contributed by atoms with Crippen LogP contribution in [-0.2, 0) is 4.79 Å². The van der Waals surface area contributed by atoms with Crippen molar-refractivity contribution in [3.05, 3.63) is 47.5 Å². The SMILES string of the molecule is O=C(CNC(=O)c1ccc(C=NO)c2ccccc12)NC(F)C(F)F. The second-order valence-electron chi connectivity index (χ2n) is 4.98. The molecule has 1 atom stereocenters. The van der Waals surface area contributed by atoms with Crippen molar-refractivity contribution in [3.63, 3.8) is 0 Å². The summed E-state index contributed by atoms with van der Waals surface area (Å²) in [6, 6.07) is 9.81. The summed E-state index contributed by atoms with van der Waals surface area (Å²) in [6.07, 6.45) is -4.92. The van der Waals surface area contributed by atoms with Gasteiger partial charge in [-0.25, -0.2) is 13.2 Å². The van der Waals surface area contributed by atoms with Crippen molar-refractivity contribution in [2.24, 2.45) is 5.16 Å². The molecule has 0 fully saturated rings. The molecular weight excluding hydrogens is 339 g/mol. The normalized spacial score (nSPS) is 12.5. The maximum absolute atomic E-state index is 12.7. The van der Waals surface area contributed by atoms with Crippen molar-refractivity contribution in [2.45, 2.75) is 12.7 Å². The molecular formula is C16H14F3N3O3. The highest BCUT2D eigenvalue weighted by molar-refractivity contribution is 6.11. The van der Waals surface area contributed by atoms with Crippen LogP contribution in [0, 0.1) is 0 Å². The molecule has 0 bridgehead atoms. The van der Waals surface area contributed by atoms with Crippen LogP contribution in [0.3, 0.4) is 0 Å². The number of rotatable bonds is 6. The Bertz CT molecular complexity index is 812. The molecule has 9 heteroatoms. The van der Waals surface area contributed by atoms with E-state index in [0.717, 1.165) is 0 Å². The predicted octanol–water partition coefficient (Wildman–Crippen LogP) is 2.05. The van der Waals surface area contributed by atoms with Gasteiger partial charge in [0, 0.05) is 11.1 Å².